The maximum absolute atomic E-state index is 10.0. The average Bonchev–Trinajstić information content (AvgIpc) is 2.37. The first kappa shape index (κ1) is 15.0. The van der Waals surface area contributed by atoms with E-state index >= 15 is 0 Å². The summed E-state index contributed by atoms with van der Waals surface area (Å²) in [7, 11) is 3.35. The lowest BCUT2D eigenvalue weighted by molar-refractivity contribution is 0.00306. The molecule has 1 unspecified atom stereocenters. The van der Waals surface area contributed by atoms with Crippen LogP contribution in [0.1, 0.15) is 32.3 Å². The Balaban J connectivity index is 2.46. The molecule has 18 heavy (non-hydrogen) atoms. The highest BCUT2D eigenvalue weighted by Gasteiger charge is 2.18. The van der Waals surface area contributed by atoms with E-state index in [2.05, 4.69) is 0 Å². The van der Waals surface area contributed by atoms with Crippen molar-refractivity contribution in [3.05, 3.63) is 29.8 Å². The van der Waals surface area contributed by atoms with Gasteiger partial charge < -0.3 is 14.6 Å². The van der Waals surface area contributed by atoms with Crippen LogP contribution < -0.4 is 4.74 Å². The second-order valence-electron chi connectivity index (χ2n) is 5.21. The fourth-order valence-electron chi connectivity index (χ4n) is 1.79. The number of ether oxygens (including phenoxy) is 2. The van der Waals surface area contributed by atoms with E-state index in [1.807, 2.05) is 38.1 Å². The molecule has 0 amide bonds. The van der Waals surface area contributed by atoms with Gasteiger partial charge in [-0.3, -0.25) is 0 Å². The van der Waals surface area contributed by atoms with Gasteiger partial charge in [-0.15, -0.1) is 0 Å². The summed E-state index contributed by atoms with van der Waals surface area (Å²) in [5, 5.41) is 10.0. The van der Waals surface area contributed by atoms with Gasteiger partial charge >= 0.3 is 0 Å². The predicted octanol–water partition coefficient (Wildman–Crippen LogP) is 2.80. The lowest BCUT2D eigenvalue weighted by atomic mass is 9.97. The van der Waals surface area contributed by atoms with Gasteiger partial charge in [-0.05, 0) is 50.8 Å². The highest BCUT2D eigenvalue weighted by molar-refractivity contribution is 5.28. The summed E-state index contributed by atoms with van der Waals surface area (Å²) in [4.78, 5) is 0. The van der Waals surface area contributed by atoms with Crippen molar-refractivity contribution in [3.8, 4) is 5.75 Å². The van der Waals surface area contributed by atoms with E-state index in [1.165, 1.54) is 0 Å². The van der Waals surface area contributed by atoms with E-state index in [0.29, 0.717) is 6.42 Å². The summed E-state index contributed by atoms with van der Waals surface area (Å²) >= 11 is 0. The quantitative estimate of drug-likeness (QED) is 0.811. The van der Waals surface area contributed by atoms with Gasteiger partial charge in [-0.2, -0.15) is 0 Å². The summed E-state index contributed by atoms with van der Waals surface area (Å²) in [5.74, 6) is 0.830. The molecule has 0 fully saturated rings. The van der Waals surface area contributed by atoms with E-state index in [0.717, 1.165) is 24.2 Å². The Labute approximate surface area is 110 Å². The van der Waals surface area contributed by atoms with E-state index in [9.17, 15) is 5.11 Å². The van der Waals surface area contributed by atoms with Crippen LogP contribution in [0.2, 0.25) is 0 Å². The predicted molar refractivity (Wildman–Crippen MR) is 73.0 cm³/mol. The molecule has 102 valence electrons. The Bertz CT molecular complexity index is 361. The zero-order valence-electron chi connectivity index (χ0n) is 11.8. The number of hydrogen-bond donors (Lipinski definition) is 1. The number of aliphatic hydroxyl groups is 1. The van der Waals surface area contributed by atoms with Gasteiger partial charge in [0.05, 0.1) is 18.8 Å². The van der Waals surface area contributed by atoms with E-state index in [-0.39, 0.29) is 11.7 Å². The monoisotopic (exact) mass is 252 g/mol. The molecule has 0 aliphatic carbocycles. The molecule has 0 saturated carbocycles. The van der Waals surface area contributed by atoms with Crippen LogP contribution >= 0.6 is 0 Å². The molecule has 3 heteroatoms. The standard InChI is InChI=1S/C15H24O3/c1-15(2,18-4)9-8-13(16)10-12-6-5-7-14(11-12)17-3/h5-7,11,13,16H,8-10H2,1-4H3. The third-order valence-corrected chi connectivity index (χ3v) is 3.24. The van der Waals surface area contributed by atoms with Crippen LogP contribution in [0.4, 0.5) is 0 Å². The summed E-state index contributed by atoms with van der Waals surface area (Å²) in [6.07, 6.45) is 1.88. The van der Waals surface area contributed by atoms with Crippen LogP contribution in [0.15, 0.2) is 24.3 Å². The molecular weight excluding hydrogens is 228 g/mol. The van der Waals surface area contributed by atoms with Crippen molar-refractivity contribution >= 4 is 0 Å². The molecule has 1 rings (SSSR count). The Morgan fingerprint density at radius 2 is 2.00 bits per heavy atom. The van der Waals surface area contributed by atoms with E-state index in [1.54, 1.807) is 14.2 Å². The van der Waals surface area contributed by atoms with Gasteiger partial charge in [0.15, 0.2) is 0 Å². The molecule has 0 saturated heterocycles. The zero-order chi connectivity index (χ0) is 13.6. The molecule has 0 spiro atoms. The third kappa shape index (κ3) is 5.07. The Kier molecular flexibility index (Phi) is 5.63. The van der Waals surface area contributed by atoms with Gasteiger partial charge in [0.25, 0.3) is 0 Å². The normalized spacial score (nSPS) is 13.4. The Morgan fingerprint density at radius 1 is 1.28 bits per heavy atom. The minimum atomic E-state index is -0.341. The first-order valence-corrected chi connectivity index (χ1v) is 6.33. The molecule has 0 radical (unpaired) electrons. The first-order chi connectivity index (χ1) is 8.46. The van der Waals surface area contributed by atoms with Gasteiger partial charge in [0, 0.05) is 7.11 Å². The number of hydrogen-bond acceptors (Lipinski definition) is 3. The molecule has 0 aliphatic heterocycles. The number of benzene rings is 1. The Hall–Kier alpha value is -1.06. The molecule has 3 nitrogen and oxygen atoms in total. The molecule has 1 aromatic carbocycles. The van der Waals surface area contributed by atoms with E-state index in [4.69, 9.17) is 9.47 Å². The van der Waals surface area contributed by atoms with Crippen molar-refractivity contribution in [1.29, 1.82) is 0 Å². The minimum Gasteiger partial charge on any atom is -0.497 e. The zero-order valence-corrected chi connectivity index (χ0v) is 11.8. The van der Waals surface area contributed by atoms with Crippen LogP contribution in [0.3, 0.4) is 0 Å². The summed E-state index contributed by atoms with van der Waals surface area (Å²) in [6.45, 7) is 4.07. The first-order valence-electron chi connectivity index (χ1n) is 6.33. The fourth-order valence-corrected chi connectivity index (χ4v) is 1.79. The topological polar surface area (TPSA) is 38.7 Å². The number of methoxy groups -OCH3 is 2. The van der Waals surface area contributed by atoms with Gasteiger partial charge in [-0.25, -0.2) is 0 Å². The molecule has 1 N–H and O–H groups in total. The number of aliphatic hydroxyl groups excluding tert-OH is 1. The van der Waals surface area contributed by atoms with Gasteiger partial charge in [0.2, 0.25) is 0 Å². The molecular formula is C15H24O3. The van der Waals surface area contributed by atoms with Crippen molar-refractivity contribution in [2.45, 2.75) is 44.8 Å². The maximum Gasteiger partial charge on any atom is 0.119 e. The van der Waals surface area contributed by atoms with Crippen LogP contribution in [0.5, 0.6) is 5.75 Å². The van der Waals surface area contributed by atoms with Gasteiger partial charge in [-0.1, -0.05) is 12.1 Å². The van der Waals surface area contributed by atoms with Crippen LogP contribution in [-0.2, 0) is 11.2 Å². The van der Waals surface area contributed by atoms with Crippen molar-refractivity contribution in [2.24, 2.45) is 0 Å². The molecule has 1 atom stereocenters. The molecule has 0 aromatic heterocycles. The average molecular weight is 252 g/mol. The SMILES string of the molecule is COc1cccc(CC(O)CCC(C)(C)OC)c1. The smallest absolute Gasteiger partial charge is 0.119 e. The van der Waals surface area contributed by atoms with Crippen molar-refractivity contribution in [2.75, 3.05) is 14.2 Å². The largest absolute Gasteiger partial charge is 0.497 e. The molecule has 0 bridgehead atoms. The molecule has 0 heterocycles. The second-order valence-corrected chi connectivity index (χ2v) is 5.21. The lowest BCUT2D eigenvalue weighted by Gasteiger charge is -2.24. The lowest BCUT2D eigenvalue weighted by Crippen LogP contribution is -2.25. The van der Waals surface area contributed by atoms with Crippen molar-refractivity contribution in [1.82, 2.24) is 0 Å². The van der Waals surface area contributed by atoms with Crippen molar-refractivity contribution in [3.63, 3.8) is 0 Å². The van der Waals surface area contributed by atoms with Crippen LogP contribution in [-0.4, -0.2) is 31.0 Å². The fraction of sp³-hybridized carbons (Fsp3) is 0.600. The third-order valence-electron chi connectivity index (χ3n) is 3.24. The highest BCUT2D eigenvalue weighted by atomic mass is 16.5. The highest BCUT2D eigenvalue weighted by Crippen LogP contribution is 2.19. The van der Waals surface area contributed by atoms with E-state index < -0.39 is 0 Å². The van der Waals surface area contributed by atoms with Crippen molar-refractivity contribution < 1.29 is 14.6 Å². The minimum absolute atomic E-state index is 0.171. The summed E-state index contributed by atoms with van der Waals surface area (Å²) in [6, 6.07) is 7.82. The summed E-state index contributed by atoms with van der Waals surface area (Å²) in [5.41, 5.74) is 0.923. The summed E-state index contributed by atoms with van der Waals surface area (Å²) < 4.78 is 10.5. The second kappa shape index (κ2) is 6.76. The number of rotatable bonds is 7. The Morgan fingerprint density at radius 3 is 2.61 bits per heavy atom. The molecule has 0 aliphatic rings. The van der Waals surface area contributed by atoms with Crippen LogP contribution in [0, 0.1) is 0 Å². The maximum atomic E-state index is 10.0. The van der Waals surface area contributed by atoms with Gasteiger partial charge in [0.1, 0.15) is 5.75 Å². The van der Waals surface area contributed by atoms with Crippen LogP contribution in [0.25, 0.3) is 0 Å². The molecule has 1 aromatic rings.